The highest BCUT2D eigenvalue weighted by molar-refractivity contribution is 4.78. The summed E-state index contributed by atoms with van der Waals surface area (Å²) in [6, 6.07) is 0. The summed E-state index contributed by atoms with van der Waals surface area (Å²) in [5.41, 5.74) is 0. The van der Waals surface area contributed by atoms with Gasteiger partial charge in [-0.15, -0.1) is 0 Å². The first-order valence-corrected chi connectivity index (χ1v) is 8.72. The van der Waals surface area contributed by atoms with Gasteiger partial charge in [0, 0.05) is 6.61 Å². The van der Waals surface area contributed by atoms with Crippen molar-refractivity contribution in [1.82, 2.24) is 5.32 Å². The molecular formula is C17H33NO. The van der Waals surface area contributed by atoms with E-state index in [-0.39, 0.29) is 0 Å². The van der Waals surface area contributed by atoms with Crippen LogP contribution in [0.25, 0.3) is 0 Å². The number of nitrogens with one attached hydrogen (secondary N) is 1. The minimum Gasteiger partial charge on any atom is -0.378 e. The van der Waals surface area contributed by atoms with E-state index in [2.05, 4.69) is 12.2 Å². The average molecular weight is 267 g/mol. The lowest BCUT2D eigenvalue weighted by Crippen LogP contribution is -2.29. The van der Waals surface area contributed by atoms with E-state index in [9.17, 15) is 0 Å². The molecule has 0 aromatic rings. The van der Waals surface area contributed by atoms with Gasteiger partial charge in [0.1, 0.15) is 0 Å². The molecular weight excluding hydrogens is 234 g/mol. The minimum absolute atomic E-state index is 0.590. The van der Waals surface area contributed by atoms with Crippen molar-refractivity contribution in [2.45, 2.75) is 77.2 Å². The molecule has 0 spiro atoms. The lowest BCUT2D eigenvalue weighted by molar-refractivity contribution is 0.0935. The van der Waals surface area contributed by atoms with Crippen molar-refractivity contribution in [3.05, 3.63) is 0 Å². The van der Waals surface area contributed by atoms with Gasteiger partial charge in [-0.05, 0) is 63.5 Å². The van der Waals surface area contributed by atoms with Crippen LogP contribution in [0.1, 0.15) is 71.1 Å². The molecule has 0 bridgehead atoms. The summed E-state index contributed by atoms with van der Waals surface area (Å²) >= 11 is 0. The molecule has 1 aliphatic carbocycles. The molecule has 0 aromatic heterocycles. The predicted molar refractivity (Wildman–Crippen MR) is 81.4 cm³/mol. The maximum Gasteiger partial charge on any atom is 0.0576 e. The van der Waals surface area contributed by atoms with E-state index < -0.39 is 0 Å². The minimum atomic E-state index is 0.590. The van der Waals surface area contributed by atoms with Crippen LogP contribution in [0.15, 0.2) is 0 Å². The van der Waals surface area contributed by atoms with E-state index in [1.807, 2.05) is 0 Å². The van der Waals surface area contributed by atoms with Crippen LogP contribution in [0.3, 0.4) is 0 Å². The number of rotatable bonds is 7. The van der Waals surface area contributed by atoms with Crippen LogP contribution in [-0.2, 0) is 4.74 Å². The Kier molecular flexibility index (Phi) is 7.23. The Bertz CT molecular complexity index is 225. The van der Waals surface area contributed by atoms with Crippen molar-refractivity contribution in [3.63, 3.8) is 0 Å². The molecule has 1 N–H and O–H groups in total. The maximum atomic E-state index is 5.79. The third-order valence-electron chi connectivity index (χ3n) is 5.03. The van der Waals surface area contributed by atoms with Crippen molar-refractivity contribution in [2.24, 2.45) is 11.8 Å². The van der Waals surface area contributed by atoms with Crippen molar-refractivity contribution >= 4 is 0 Å². The number of hydrogen-bond donors (Lipinski definition) is 1. The normalized spacial score (nSPS) is 32.4. The smallest absolute Gasteiger partial charge is 0.0576 e. The molecule has 2 heteroatoms. The maximum absolute atomic E-state index is 5.79. The summed E-state index contributed by atoms with van der Waals surface area (Å²) in [6.45, 7) is 5.71. The molecule has 0 aromatic carbocycles. The van der Waals surface area contributed by atoms with Crippen molar-refractivity contribution in [3.8, 4) is 0 Å². The molecule has 3 atom stereocenters. The Labute approximate surface area is 119 Å². The van der Waals surface area contributed by atoms with E-state index in [1.54, 1.807) is 0 Å². The van der Waals surface area contributed by atoms with Crippen LogP contribution in [0, 0.1) is 11.8 Å². The van der Waals surface area contributed by atoms with Crippen LogP contribution in [0.2, 0.25) is 0 Å². The molecule has 2 fully saturated rings. The fourth-order valence-corrected chi connectivity index (χ4v) is 3.85. The van der Waals surface area contributed by atoms with Gasteiger partial charge in [0.05, 0.1) is 6.10 Å². The van der Waals surface area contributed by atoms with E-state index in [0.717, 1.165) is 18.4 Å². The van der Waals surface area contributed by atoms with Crippen LogP contribution >= 0.6 is 0 Å². The Balaban J connectivity index is 1.74. The Morgan fingerprint density at radius 3 is 2.53 bits per heavy atom. The fourth-order valence-electron chi connectivity index (χ4n) is 3.85. The first kappa shape index (κ1) is 15.3. The predicted octanol–water partition coefficient (Wildman–Crippen LogP) is 4.14. The molecule has 19 heavy (non-hydrogen) atoms. The van der Waals surface area contributed by atoms with Gasteiger partial charge in [-0.3, -0.25) is 0 Å². The summed E-state index contributed by atoms with van der Waals surface area (Å²) in [7, 11) is 0. The van der Waals surface area contributed by atoms with Gasteiger partial charge in [0.2, 0.25) is 0 Å². The summed E-state index contributed by atoms with van der Waals surface area (Å²) < 4.78 is 5.79. The quantitative estimate of drug-likeness (QED) is 0.553. The monoisotopic (exact) mass is 267 g/mol. The molecule has 2 nitrogen and oxygen atoms in total. The average Bonchev–Trinajstić information content (AvgIpc) is 2.84. The highest BCUT2D eigenvalue weighted by Gasteiger charge is 2.25. The topological polar surface area (TPSA) is 21.3 Å². The van der Waals surface area contributed by atoms with Crippen molar-refractivity contribution in [1.29, 1.82) is 0 Å². The first-order chi connectivity index (χ1) is 9.40. The summed E-state index contributed by atoms with van der Waals surface area (Å²) in [5, 5.41) is 3.66. The second kappa shape index (κ2) is 8.97. The third-order valence-corrected chi connectivity index (χ3v) is 5.03. The zero-order valence-corrected chi connectivity index (χ0v) is 12.8. The highest BCUT2D eigenvalue weighted by Crippen LogP contribution is 2.33. The zero-order valence-electron chi connectivity index (χ0n) is 12.8. The van der Waals surface area contributed by atoms with Crippen LogP contribution in [0.4, 0.5) is 0 Å². The standard InChI is InChI=1S/C17H33NO/c1-2-12-18-14-16-8-5-3-4-7-15(16)10-11-17-9-6-13-19-17/h15-18H,2-14H2,1H3. The molecule has 2 rings (SSSR count). The van der Waals surface area contributed by atoms with E-state index in [0.29, 0.717) is 6.10 Å². The number of hydrogen-bond acceptors (Lipinski definition) is 2. The number of ether oxygens (including phenoxy) is 1. The molecule has 0 radical (unpaired) electrons. The summed E-state index contributed by atoms with van der Waals surface area (Å²) in [4.78, 5) is 0. The zero-order chi connectivity index (χ0) is 13.3. The second-order valence-corrected chi connectivity index (χ2v) is 6.57. The Morgan fingerprint density at radius 1 is 0.947 bits per heavy atom. The highest BCUT2D eigenvalue weighted by atomic mass is 16.5. The van der Waals surface area contributed by atoms with Gasteiger partial charge < -0.3 is 10.1 Å². The molecule has 1 saturated carbocycles. The molecule has 112 valence electrons. The molecule has 0 amide bonds. The Morgan fingerprint density at radius 2 is 1.79 bits per heavy atom. The lowest BCUT2D eigenvalue weighted by Gasteiger charge is -2.26. The second-order valence-electron chi connectivity index (χ2n) is 6.57. The van der Waals surface area contributed by atoms with E-state index in [4.69, 9.17) is 4.74 Å². The van der Waals surface area contributed by atoms with Crippen LogP contribution < -0.4 is 5.32 Å². The van der Waals surface area contributed by atoms with E-state index in [1.165, 1.54) is 77.3 Å². The van der Waals surface area contributed by atoms with Crippen LogP contribution in [-0.4, -0.2) is 25.8 Å². The van der Waals surface area contributed by atoms with Gasteiger partial charge in [0.15, 0.2) is 0 Å². The first-order valence-electron chi connectivity index (χ1n) is 8.72. The molecule has 1 aliphatic heterocycles. The molecule has 3 unspecified atom stereocenters. The van der Waals surface area contributed by atoms with E-state index >= 15 is 0 Å². The van der Waals surface area contributed by atoms with Crippen LogP contribution in [0.5, 0.6) is 0 Å². The Hall–Kier alpha value is -0.0800. The summed E-state index contributed by atoms with van der Waals surface area (Å²) in [5.74, 6) is 1.88. The fraction of sp³-hybridized carbons (Fsp3) is 1.00. The summed E-state index contributed by atoms with van der Waals surface area (Å²) in [6.07, 6.45) is 14.5. The SMILES string of the molecule is CCCNCC1CCCCCC1CCC1CCCO1. The van der Waals surface area contributed by atoms with Crippen molar-refractivity contribution < 1.29 is 4.74 Å². The molecule has 2 aliphatic rings. The van der Waals surface area contributed by atoms with Gasteiger partial charge in [0.25, 0.3) is 0 Å². The largest absolute Gasteiger partial charge is 0.378 e. The van der Waals surface area contributed by atoms with Crippen molar-refractivity contribution in [2.75, 3.05) is 19.7 Å². The molecule has 1 saturated heterocycles. The van der Waals surface area contributed by atoms with Gasteiger partial charge in [-0.2, -0.15) is 0 Å². The molecule has 1 heterocycles. The van der Waals surface area contributed by atoms with Gasteiger partial charge in [-0.1, -0.05) is 32.6 Å². The third kappa shape index (κ3) is 5.43. The van der Waals surface area contributed by atoms with Gasteiger partial charge in [-0.25, -0.2) is 0 Å². The van der Waals surface area contributed by atoms with Gasteiger partial charge >= 0.3 is 0 Å². The lowest BCUT2D eigenvalue weighted by atomic mass is 9.83.